The lowest BCUT2D eigenvalue weighted by molar-refractivity contribution is 0.0951. The smallest absolute Gasteiger partial charge is 0.251 e. The van der Waals surface area contributed by atoms with Crippen molar-refractivity contribution in [2.24, 2.45) is 0 Å². The third kappa shape index (κ3) is 7.16. The Labute approximate surface area is 165 Å². The summed E-state index contributed by atoms with van der Waals surface area (Å²) in [6, 6.07) is 9.90. The van der Waals surface area contributed by atoms with Gasteiger partial charge in [0, 0.05) is 37.2 Å². The average molecular weight is 407 g/mol. The van der Waals surface area contributed by atoms with E-state index < -0.39 is 10.0 Å². The van der Waals surface area contributed by atoms with Crippen molar-refractivity contribution in [2.75, 3.05) is 30.8 Å². The van der Waals surface area contributed by atoms with E-state index in [-0.39, 0.29) is 18.2 Å². The molecule has 0 unspecified atom stereocenters. The zero-order chi connectivity index (χ0) is 20.4. The van der Waals surface area contributed by atoms with Crippen LogP contribution in [-0.2, 0) is 21.3 Å². The van der Waals surface area contributed by atoms with Gasteiger partial charge >= 0.3 is 0 Å². The van der Waals surface area contributed by atoms with Crippen LogP contribution < -0.4 is 14.8 Å². The normalized spacial score (nSPS) is 11.1. The van der Waals surface area contributed by atoms with Gasteiger partial charge in [-0.15, -0.1) is 0 Å². The standard InChI is InChI=1S/C19H25N3O5S/c1-3-11-28(24,25)22-17-6-4-5-16(12-17)19(23)21-14-15-7-8-18(20-13-15)27-10-9-26-2/h4-8,12-13,22H,3,9-11,14H2,1-2H3,(H,21,23). The van der Waals surface area contributed by atoms with Crippen molar-refractivity contribution < 1.29 is 22.7 Å². The molecule has 1 aromatic heterocycles. The lowest BCUT2D eigenvalue weighted by Crippen LogP contribution is -2.23. The first-order valence-electron chi connectivity index (χ1n) is 8.89. The fourth-order valence-electron chi connectivity index (χ4n) is 2.34. The number of anilines is 1. The van der Waals surface area contributed by atoms with Crippen LogP contribution in [0, 0.1) is 0 Å². The minimum absolute atomic E-state index is 0.0294. The Bertz CT molecular complexity index is 869. The number of carbonyl (C=O) groups is 1. The molecular weight excluding hydrogens is 382 g/mol. The van der Waals surface area contributed by atoms with Crippen molar-refractivity contribution in [3.8, 4) is 5.88 Å². The molecular formula is C19H25N3O5S. The lowest BCUT2D eigenvalue weighted by atomic mass is 10.2. The van der Waals surface area contributed by atoms with E-state index in [1.54, 1.807) is 44.5 Å². The second kappa shape index (κ2) is 10.6. The van der Waals surface area contributed by atoms with Gasteiger partial charge in [0.25, 0.3) is 5.91 Å². The van der Waals surface area contributed by atoms with Crippen LogP contribution in [0.5, 0.6) is 5.88 Å². The number of nitrogens with one attached hydrogen (secondary N) is 2. The number of methoxy groups -OCH3 is 1. The number of hydrogen-bond acceptors (Lipinski definition) is 6. The minimum atomic E-state index is -3.40. The topological polar surface area (TPSA) is 107 Å². The highest BCUT2D eigenvalue weighted by atomic mass is 32.2. The van der Waals surface area contributed by atoms with Crippen molar-refractivity contribution in [3.63, 3.8) is 0 Å². The van der Waals surface area contributed by atoms with Crippen molar-refractivity contribution in [1.82, 2.24) is 10.3 Å². The third-order valence-electron chi connectivity index (χ3n) is 3.66. The molecule has 0 saturated heterocycles. The van der Waals surface area contributed by atoms with Crippen LogP contribution in [0.3, 0.4) is 0 Å². The molecule has 2 aromatic rings. The molecule has 0 bridgehead atoms. The summed E-state index contributed by atoms with van der Waals surface area (Å²) in [7, 11) is -1.81. The summed E-state index contributed by atoms with van der Waals surface area (Å²) in [6.07, 6.45) is 2.14. The Hall–Kier alpha value is -2.65. The zero-order valence-electron chi connectivity index (χ0n) is 16.0. The monoisotopic (exact) mass is 407 g/mol. The van der Waals surface area contributed by atoms with E-state index in [2.05, 4.69) is 15.0 Å². The number of pyridine rings is 1. The molecule has 28 heavy (non-hydrogen) atoms. The van der Waals surface area contributed by atoms with E-state index in [0.29, 0.717) is 36.8 Å². The number of rotatable bonds is 11. The first-order valence-corrected chi connectivity index (χ1v) is 10.5. The predicted molar refractivity (Wildman–Crippen MR) is 107 cm³/mol. The quantitative estimate of drug-likeness (QED) is 0.553. The van der Waals surface area contributed by atoms with E-state index in [0.717, 1.165) is 5.56 Å². The fourth-order valence-corrected chi connectivity index (χ4v) is 3.46. The Kier molecular flexibility index (Phi) is 8.21. The molecule has 0 aliphatic carbocycles. The molecule has 0 atom stereocenters. The lowest BCUT2D eigenvalue weighted by Gasteiger charge is -2.10. The number of amides is 1. The Balaban J connectivity index is 1.91. The average Bonchev–Trinajstić information content (AvgIpc) is 2.67. The summed E-state index contributed by atoms with van der Waals surface area (Å²) >= 11 is 0. The van der Waals surface area contributed by atoms with Crippen molar-refractivity contribution in [1.29, 1.82) is 0 Å². The van der Waals surface area contributed by atoms with Gasteiger partial charge in [-0.05, 0) is 30.2 Å². The van der Waals surface area contributed by atoms with E-state index in [4.69, 9.17) is 9.47 Å². The molecule has 1 aromatic carbocycles. The molecule has 0 radical (unpaired) electrons. The van der Waals surface area contributed by atoms with Gasteiger partial charge in [0.1, 0.15) is 6.61 Å². The molecule has 0 saturated carbocycles. The van der Waals surface area contributed by atoms with Gasteiger partial charge in [-0.25, -0.2) is 13.4 Å². The Morgan fingerprint density at radius 3 is 2.68 bits per heavy atom. The first kappa shape index (κ1) is 21.6. The van der Waals surface area contributed by atoms with Crippen molar-refractivity contribution in [3.05, 3.63) is 53.7 Å². The highest BCUT2D eigenvalue weighted by Gasteiger charge is 2.11. The van der Waals surface area contributed by atoms with Crippen LogP contribution in [0.4, 0.5) is 5.69 Å². The number of nitrogens with zero attached hydrogens (tertiary/aromatic N) is 1. The Morgan fingerprint density at radius 2 is 2.00 bits per heavy atom. The van der Waals surface area contributed by atoms with E-state index >= 15 is 0 Å². The number of benzene rings is 1. The minimum Gasteiger partial charge on any atom is -0.475 e. The first-order chi connectivity index (χ1) is 13.4. The molecule has 8 nitrogen and oxygen atoms in total. The molecule has 152 valence electrons. The molecule has 1 heterocycles. The summed E-state index contributed by atoms with van der Waals surface area (Å²) in [5.74, 6) is 0.206. The maximum atomic E-state index is 12.4. The highest BCUT2D eigenvalue weighted by Crippen LogP contribution is 2.13. The number of carbonyl (C=O) groups excluding carboxylic acids is 1. The number of aromatic nitrogens is 1. The third-order valence-corrected chi connectivity index (χ3v) is 5.15. The van der Waals surface area contributed by atoms with Crippen LogP contribution in [0.25, 0.3) is 0 Å². The molecule has 0 aliphatic rings. The second-order valence-corrected chi connectivity index (χ2v) is 7.87. The van der Waals surface area contributed by atoms with Crippen molar-refractivity contribution in [2.45, 2.75) is 19.9 Å². The van der Waals surface area contributed by atoms with E-state index in [9.17, 15) is 13.2 Å². The van der Waals surface area contributed by atoms with Gasteiger partial charge in [-0.2, -0.15) is 0 Å². The maximum absolute atomic E-state index is 12.4. The van der Waals surface area contributed by atoms with Crippen LogP contribution in [-0.4, -0.2) is 45.4 Å². The van der Waals surface area contributed by atoms with E-state index in [1.165, 1.54) is 6.07 Å². The number of hydrogen-bond donors (Lipinski definition) is 2. The summed E-state index contributed by atoms with van der Waals surface area (Å²) in [5.41, 5.74) is 1.54. The molecule has 0 aliphatic heterocycles. The molecule has 2 rings (SSSR count). The largest absolute Gasteiger partial charge is 0.475 e. The number of ether oxygens (including phenoxy) is 2. The van der Waals surface area contributed by atoms with Gasteiger partial charge in [0.2, 0.25) is 15.9 Å². The van der Waals surface area contributed by atoms with Gasteiger partial charge < -0.3 is 14.8 Å². The van der Waals surface area contributed by atoms with E-state index in [1.807, 2.05) is 6.07 Å². The summed E-state index contributed by atoms with van der Waals surface area (Å²) in [6.45, 7) is 2.97. The second-order valence-electron chi connectivity index (χ2n) is 6.03. The van der Waals surface area contributed by atoms with Gasteiger partial charge in [-0.1, -0.05) is 19.1 Å². The molecule has 0 spiro atoms. The number of sulfonamides is 1. The van der Waals surface area contributed by atoms with Gasteiger partial charge in [0.05, 0.1) is 12.4 Å². The molecule has 0 fully saturated rings. The van der Waals surface area contributed by atoms with Gasteiger partial charge in [0.15, 0.2) is 0 Å². The SMILES string of the molecule is CCCS(=O)(=O)Nc1cccc(C(=O)NCc2ccc(OCCOC)nc2)c1. The van der Waals surface area contributed by atoms with Crippen LogP contribution >= 0.6 is 0 Å². The Morgan fingerprint density at radius 1 is 1.18 bits per heavy atom. The van der Waals surface area contributed by atoms with Crippen LogP contribution in [0.15, 0.2) is 42.6 Å². The highest BCUT2D eigenvalue weighted by molar-refractivity contribution is 7.92. The molecule has 2 N–H and O–H groups in total. The summed E-state index contributed by atoms with van der Waals surface area (Å²) in [5, 5.41) is 2.79. The van der Waals surface area contributed by atoms with Crippen molar-refractivity contribution >= 4 is 21.6 Å². The molecule has 9 heteroatoms. The van der Waals surface area contributed by atoms with Gasteiger partial charge in [-0.3, -0.25) is 9.52 Å². The predicted octanol–water partition coefficient (Wildman–Crippen LogP) is 2.19. The zero-order valence-corrected chi connectivity index (χ0v) is 16.8. The molecule has 1 amide bonds. The maximum Gasteiger partial charge on any atom is 0.251 e. The summed E-state index contributed by atoms with van der Waals surface area (Å²) in [4.78, 5) is 16.5. The van der Waals surface area contributed by atoms with Crippen LogP contribution in [0.2, 0.25) is 0 Å². The fraction of sp³-hybridized carbons (Fsp3) is 0.368. The summed E-state index contributed by atoms with van der Waals surface area (Å²) < 4.78 is 36.5. The van der Waals surface area contributed by atoms with Crippen LogP contribution in [0.1, 0.15) is 29.3 Å².